The molecular formula is C26H27Cl2N3O5S. The molecule has 0 saturated carbocycles. The highest BCUT2D eigenvalue weighted by Gasteiger charge is 2.32. The van der Waals surface area contributed by atoms with Gasteiger partial charge in [0.2, 0.25) is 11.8 Å². The number of nitrogens with zero attached hydrogens (tertiary/aromatic N) is 2. The normalized spacial score (nSPS) is 11.9. The van der Waals surface area contributed by atoms with Crippen LogP contribution < -0.4 is 14.4 Å². The van der Waals surface area contributed by atoms with Gasteiger partial charge in [0, 0.05) is 13.6 Å². The number of amides is 2. The fourth-order valence-corrected chi connectivity index (χ4v) is 5.38. The number of likely N-dealkylation sites (N-methyl/N-ethyl adjacent to an activating group) is 1. The molecule has 196 valence electrons. The van der Waals surface area contributed by atoms with E-state index in [4.69, 9.17) is 27.9 Å². The molecule has 3 aromatic rings. The van der Waals surface area contributed by atoms with Gasteiger partial charge >= 0.3 is 0 Å². The fourth-order valence-electron chi connectivity index (χ4n) is 3.62. The molecule has 0 saturated heterocycles. The molecule has 1 N–H and O–H groups in total. The summed E-state index contributed by atoms with van der Waals surface area (Å²) in [6.45, 7) is 1.02. The quantitative estimate of drug-likeness (QED) is 0.395. The van der Waals surface area contributed by atoms with E-state index in [1.807, 2.05) is 0 Å². The molecule has 2 amide bonds. The van der Waals surface area contributed by atoms with Crippen molar-refractivity contribution in [2.24, 2.45) is 0 Å². The molecule has 0 aromatic heterocycles. The van der Waals surface area contributed by atoms with Crippen LogP contribution in [0.1, 0.15) is 12.5 Å². The van der Waals surface area contributed by atoms with Crippen molar-refractivity contribution in [2.75, 3.05) is 25.0 Å². The van der Waals surface area contributed by atoms with Crippen LogP contribution in [0.3, 0.4) is 0 Å². The van der Waals surface area contributed by atoms with E-state index in [1.165, 1.54) is 31.2 Å². The molecule has 8 nitrogen and oxygen atoms in total. The fraction of sp³-hybridized carbons (Fsp3) is 0.231. The lowest BCUT2D eigenvalue weighted by Gasteiger charge is -2.31. The Bertz CT molecular complexity index is 1350. The van der Waals surface area contributed by atoms with Crippen molar-refractivity contribution < 1.29 is 22.7 Å². The molecule has 11 heteroatoms. The molecule has 0 aliphatic carbocycles. The summed E-state index contributed by atoms with van der Waals surface area (Å²) in [6.07, 6.45) is 0. The standard InChI is InChI=1S/C26H27Cl2N3O5S/c1-18(26(33)29-2)30(16-19-9-14-23(27)24(28)15-19)25(32)17-31(20-10-12-21(36-3)13-11-20)37(34,35)22-7-5-4-6-8-22/h4-15,18H,16-17H2,1-3H3,(H,29,33). The van der Waals surface area contributed by atoms with E-state index in [1.54, 1.807) is 67.6 Å². The van der Waals surface area contributed by atoms with Crippen LogP contribution in [0.4, 0.5) is 5.69 Å². The maximum absolute atomic E-state index is 13.7. The second-order valence-electron chi connectivity index (χ2n) is 8.08. The summed E-state index contributed by atoms with van der Waals surface area (Å²) in [7, 11) is -1.17. The van der Waals surface area contributed by atoms with Gasteiger partial charge in [-0.1, -0.05) is 47.5 Å². The van der Waals surface area contributed by atoms with Crippen LogP contribution in [0.15, 0.2) is 77.7 Å². The largest absolute Gasteiger partial charge is 0.497 e. The van der Waals surface area contributed by atoms with Crippen molar-refractivity contribution in [1.29, 1.82) is 0 Å². The van der Waals surface area contributed by atoms with Crippen LogP contribution in [0.25, 0.3) is 0 Å². The van der Waals surface area contributed by atoms with E-state index in [-0.39, 0.29) is 17.1 Å². The first kappa shape index (κ1) is 28.3. The Hall–Kier alpha value is -3.27. The molecule has 0 aliphatic heterocycles. The van der Waals surface area contributed by atoms with Gasteiger partial charge < -0.3 is 15.0 Å². The summed E-state index contributed by atoms with van der Waals surface area (Å²) < 4.78 is 33.5. The Labute approximate surface area is 226 Å². The molecule has 0 fully saturated rings. The van der Waals surface area contributed by atoms with E-state index in [0.29, 0.717) is 21.4 Å². The number of halogens is 2. The number of hydrogen-bond acceptors (Lipinski definition) is 5. The Morgan fingerprint density at radius 2 is 1.62 bits per heavy atom. The minimum atomic E-state index is -4.13. The van der Waals surface area contributed by atoms with Crippen LogP contribution in [0, 0.1) is 0 Å². The van der Waals surface area contributed by atoms with Gasteiger partial charge in [0.15, 0.2) is 0 Å². The number of sulfonamides is 1. The van der Waals surface area contributed by atoms with Crippen LogP contribution >= 0.6 is 23.2 Å². The van der Waals surface area contributed by atoms with E-state index < -0.39 is 34.4 Å². The molecule has 1 unspecified atom stereocenters. The van der Waals surface area contributed by atoms with Crippen LogP contribution in [-0.2, 0) is 26.2 Å². The summed E-state index contributed by atoms with van der Waals surface area (Å²) >= 11 is 12.2. The van der Waals surface area contributed by atoms with Crippen LogP contribution in [-0.4, -0.2) is 51.9 Å². The van der Waals surface area contributed by atoms with Gasteiger partial charge in [-0.05, 0) is 61.0 Å². The SMILES string of the molecule is CNC(=O)C(C)N(Cc1ccc(Cl)c(Cl)c1)C(=O)CN(c1ccc(OC)cc1)S(=O)(=O)c1ccccc1. The van der Waals surface area contributed by atoms with Gasteiger partial charge in [-0.15, -0.1) is 0 Å². The lowest BCUT2D eigenvalue weighted by Crippen LogP contribution is -2.50. The van der Waals surface area contributed by atoms with Gasteiger partial charge in [0.1, 0.15) is 18.3 Å². The number of carbonyl (C=O) groups excluding carboxylic acids is 2. The second kappa shape index (κ2) is 12.3. The minimum Gasteiger partial charge on any atom is -0.497 e. The van der Waals surface area contributed by atoms with Crippen LogP contribution in [0.5, 0.6) is 5.75 Å². The van der Waals surface area contributed by atoms with Crippen molar-refractivity contribution in [1.82, 2.24) is 10.2 Å². The average molecular weight is 564 g/mol. The zero-order valence-corrected chi connectivity index (χ0v) is 22.8. The monoisotopic (exact) mass is 563 g/mol. The molecule has 1 atom stereocenters. The van der Waals surface area contributed by atoms with E-state index in [9.17, 15) is 18.0 Å². The molecule has 37 heavy (non-hydrogen) atoms. The smallest absolute Gasteiger partial charge is 0.264 e. The number of ether oxygens (including phenoxy) is 1. The highest BCUT2D eigenvalue weighted by Crippen LogP contribution is 2.27. The number of benzene rings is 3. The molecule has 3 rings (SSSR count). The number of hydrogen-bond donors (Lipinski definition) is 1. The lowest BCUT2D eigenvalue weighted by atomic mass is 10.1. The van der Waals surface area contributed by atoms with E-state index in [2.05, 4.69) is 5.32 Å². The van der Waals surface area contributed by atoms with Crippen molar-refractivity contribution in [2.45, 2.75) is 24.4 Å². The molecule has 3 aromatic carbocycles. The van der Waals surface area contributed by atoms with Gasteiger partial charge in [0.05, 0.1) is 27.7 Å². The Morgan fingerprint density at radius 3 is 2.19 bits per heavy atom. The van der Waals surface area contributed by atoms with Crippen molar-refractivity contribution in [3.8, 4) is 5.75 Å². The Balaban J connectivity index is 2.03. The zero-order valence-electron chi connectivity index (χ0n) is 20.5. The summed E-state index contributed by atoms with van der Waals surface area (Å²) in [6, 6.07) is 18.1. The summed E-state index contributed by atoms with van der Waals surface area (Å²) in [5.41, 5.74) is 0.889. The number of anilines is 1. The molecular weight excluding hydrogens is 537 g/mol. The first-order valence-electron chi connectivity index (χ1n) is 11.2. The molecule has 0 spiro atoms. The lowest BCUT2D eigenvalue weighted by molar-refractivity contribution is -0.139. The van der Waals surface area contributed by atoms with Gasteiger partial charge in [-0.2, -0.15) is 0 Å². The average Bonchev–Trinajstić information content (AvgIpc) is 2.91. The predicted molar refractivity (Wildman–Crippen MR) is 145 cm³/mol. The Morgan fingerprint density at radius 1 is 0.973 bits per heavy atom. The van der Waals surface area contributed by atoms with Crippen molar-refractivity contribution >= 4 is 50.7 Å². The van der Waals surface area contributed by atoms with Crippen molar-refractivity contribution in [3.05, 3.63) is 88.4 Å². The van der Waals surface area contributed by atoms with Gasteiger partial charge in [-0.3, -0.25) is 13.9 Å². The predicted octanol–water partition coefficient (Wildman–Crippen LogP) is 4.36. The number of carbonyl (C=O) groups is 2. The molecule has 0 bridgehead atoms. The highest BCUT2D eigenvalue weighted by atomic mass is 35.5. The first-order valence-corrected chi connectivity index (χ1v) is 13.4. The third-order valence-corrected chi connectivity index (χ3v) is 8.25. The zero-order chi connectivity index (χ0) is 27.2. The number of nitrogens with one attached hydrogen (secondary N) is 1. The Kier molecular flexibility index (Phi) is 9.42. The number of rotatable bonds is 10. The summed E-state index contributed by atoms with van der Waals surface area (Å²) in [4.78, 5) is 27.5. The summed E-state index contributed by atoms with van der Waals surface area (Å²) in [5.74, 6) is -0.463. The number of methoxy groups -OCH3 is 1. The molecule has 0 heterocycles. The third-order valence-electron chi connectivity index (χ3n) is 5.72. The second-order valence-corrected chi connectivity index (χ2v) is 10.8. The maximum atomic E-state index is 13.7. The van der Waals surface area contributed by atoms with Gasteiger partial charge in [0.25, 0.3) is 10.0 Å². The third kappa shape index (κ3) is 6.74. The summed E-state index contributed by atoms with van der Waals surface area (Å²) in [5, 5.41) is 3.18. The first-order chi connectivity index (χ1) is 17.6. The van der Waals surface area contributed by atoms with E-state index in [0.717, 1.165) is 4.31 Å². The van der Waals surface area contributed by atoms with Crippen molar-refractivity contribution in [3.63, 3.8) is 0 Å². The molecule has 0 radical (unpaired) electrons. The highest BCUT2D eigenvalue weighted by molar-refractivity contribution is 7.92. The van der Waals surface area contributed by atoms with Gasteiger partial charge in [-0.25, -0.2) is 8.42 Å². The van der Waals surface area contributed by atoms with Crippen LogP contribution in [0.2, 0.25) is 10.0 Å². The van der Waals surface area contributed by atoms with E-state index >= 15 is 0 Å². The maximum Gasteiger partial charge on any atom is 0.264 e. The topological polar surface area (TPSA) is 96.0 Å². The minimum absolute atomic E-state index is 0.00610. The molecule has 0 aliphatic rings.